The summed E-state index contributed by atoms with van der Waals surface area (Å²) < 4.78 is 1.88. The molecule has 0 bridgehead atoms. The number of hydrogen-bond acceptors (Lipinski definition) is 3. The standard InChI is InChI=1S/C13H10N2O3/c16-13-11-8-10(15(17)18)4-3-9(11)5-7-14-6-1-2-12(13)14/h1-4,6,8H,5,7H2. The summed E-state index contributed by atoms with van der Waals surface area (Å²) in [7, 11) is 0. The van der Waals surface area contributed by atoms with Gasteiger partial charge in [-0.05, 0) is 24.1 Å². The fraction of sp³-hybridized carbons (Fsp3) is 0.154. The summed E-state index contributed by atoms with van der Waals surface area (Å²) in [4.78, 5) is 22.6. The predicted octanol–water partition coefficient (Wildman–Crippen LogP) is 2.18. The molecule has 1 aliphatic heterocycles. The zero-order valence-corrected chi connectivity index (χ0v) is 9.50. The fourth-order valence-corrected chi connectivity index (χ4v) is 2.30. The van der Waals surface area contributed by atoms with E-state index in [2.05, 4.69) is 0 Å². The van der Waals surface area contributed by atoms with Crippen LogP contribution in [0.1, 0.15) is 21.6 Å². The maximum absolute atomic E-state index is 12.3. The van der Waals surface area contributed by atoms with Crippen molar-refractivity contribution in [1.29, 1.82) is 0 Å². The average Bonchev–Trinajstić information content (AvgIpc) is 2.79. The van der Waals surface area contributed by atoms with Crippen molar-refractivity contribution in [3.63, 3.8) is 0 Å². The van der Waals surface area contributed by atoms with Gasteiger partial charge in [-0.2, -0.15) is 0 Å². The van der Waals surface area contributed by atoms with Crippen LogP contribution >= 0.6 is 0 Å². The molecule has 1 aliphatic rings. The number of rotatable bonds is 1. The number of benzene rings is 1. The van der Waals surface area contributed by atoms with Gasteiger partial charge in [0.2, 0.25) is 5.78 Å². The van der Waals surface area contributed by atoms with Crippen molar-refractivity contribution in [2.24, 2.45) is 0 Å². The fourth-order valence-electron chi connectivity index (χ4n) is 2.30. The monoisotopic (exact) mass is 242 g/mol. The van der Waals surface area contributed by atoms with E-state index < -0.39 is 4.92 Å². The molecule has 0 unspecified atom stereocenters. The Hall–Kier alpha value is -2.43. The highest BCUT2D eigenvalue weighted by Gasteiger charge is 2.22. The van der Waals surface area contributed by atoms with Gasteiger partial charge in [-0.3, -0.25) is 14.9 Å². The molecule has 1 aromatic heterocycles. The van der Waals surface area contributed by atoms with Crippen molar-refractivity contribution in [2.75, 3.05) is 0 Å². The van der Waals surface area contributed by atoms with Gasteiger partial charge in [-0.1, -0.05) is 6.07 Å². The summed E-state index contributed by atoms with van der Waals surface area (Å²) in [6, 6.07) is 8.07. The molecule has 1 aromatic carbocycles. The molecule has 0 saturated carbocycles. The van der Waals surface area contributed by atoms with E-state index in [1.165, 1.54) is 12.1 Å². The number of aromatic nitrogens is 1. The van der Waals surface area contributed by atoms with Crippen LogP contribution in [0.5, 0.6) is 0 Å². The number of ketones is 1. The second-order valence-corrected chi connectivity index (χ2v) is 4.26. The van der Waals surface area contributed by atoms with Crippen molar-refractivity contribution in [3.8, 4) is 0 Å². The highest BCUT2D eigenvalue weighted by Crippen LogP contribution is 2.24. The van der Waals surface area contributed by atoms with Crippen LogP contribution in [-0.4, -0.2) is 15.3 Å². The van der Waals surface area contributed by atoms with E-state index in [-0.39, 0.29) is 11.5 Å². The van der Waals surface area contributed by atoms with Gasteiger partial charge in [0.15, 0.2) is 0 Å². The minimum Gasteiger partial charge on any atom is -0.344 e. The van der Waals surface area contributed by atoms with Gasteiger partial charge < -0.3 is 4.57 Å². The topological polar surface area (TPSA) is 65.1 Å². The van der Waals surface area contributed by atoms with Crippen LogP contribution in [0.2, 0.25) is 0 Å². The summed E-state index contributed by atoms with van der Waals surface area (Å²) in [5.74, 6) is -0.142. The largest absolute Gasteiger partial charge is 0.344 e. The number of hydrogen-bond donors (Lipinski definition) is 0. The minimum absolute atomic E-state index is 0.0397. The van der Waals surface area contributed by atoms with Crippen molar-refractivity contribution in [2.45, 2.75) is 13.0 Å². The van der Waals surface area contributed by atoms with Crippen molar-refractivity contribution < 1.29 is 9.72 Å². The number of carbonyl (C=O) groups excluding carboxylic acids is 1. The Morgan fingerprint density at radius 1 is 1.28 bits per heavy atom. The third kappa shape index (κ3) is 1.52. The Morgan fingerprint density at radius 2 is 2.11 bits per heavy atom. The summed E-state index contributed by atoms with van der Waals surface area (Å²) in [6.07, 6.45) is 2.56. The molecule has 0 saturated heterocycles. The molecule has 3 rings (SSSR count). The predicted molar refractivity (Wildman–Crippen MR) is 64.7 cm³/mol. The lowest BCUT2D eigenvalue weighted by Crippen LogP contribution is -2.06. The van der Waals surface area contributed by atoms with Crippen LogP contribution in [0.25, 0.3) is 0 Å². The number of non-ortho nitro benzene ring substituents is 1. The normalized spacial score (nSPS) is 13.7. The van der Waals surface area contributed by atoms with E-state index in [9.17, 15) is 14.9 Å². The van der Waals surface area contributed by atoms with Crippen LogP contribution in [0, 0.1) is 10.1 Å². The molecular formula is C13H10N2O3. The Morgan fingerprint density at radius 3 is 2.89 bits per heavy atom. The zero-order chi connectivity index (χ0) is 12.7. The molecule has 0 N–H and O–H groups in total. The van der Waals surface area contributed by atoms with Crippen molar-refractivity contribution >= 4 is 11.5 Å². The second kappa shape index (κ2) is 3.80. The number of carbonyl (C=O) groups is 1. The first-order valence-corrected chi connectivity index (χ1v) is 5.64. The molecule has 0 atom stereocenters. The molecule has 2 heterocycles. The first-order valence-electron chi connectivity index (χ1n) is 5.64. The Labute approximate surface area is 103 Å². The number of nitro benzene ring substituents is 1. The first kappa shape index (κ1) is 10.7. The smallest absolute Gasteiger partial charge is 0.270 e. The summed E-state index contributed by atoms with van der Waals surface area (Å²) >= 11 is 0. The quantitative estimate of drug-likeness (QED) is 0.568. The van der Waals surface area contributed by atoms with Gasteiger partial charge in [0.1, 0.15) is 0 Å². The van der Waals surface area contributed by atoms with E-state index >= 15 is 0 Å². The van der Waals surface area contributed by atoms with E-state index in [1.807, 2.05) is 16.8 Å². The van der Waals surface area contributed by atoms with Crippen LogP contribution in [-0.2, 0) is 13.0 Å². The van der Waals surface area contributed by atoms with Gasteiger partial charge in [0.05, 0.1) is 10.6 Å². The molecule has 0 fully saturated rings. The number of fused-ring (bicyclic) bond motifs is 2. The molecule has 90 valence electrons. The molecule has 2 aromatic rings. The van der Waals surface area contributed by atoms with Crippen LogP contribution < -0.4 is 0 Å². The van der Waals surface area contributed by atoms with E-state index in [4.69, 9.17) is 0 Å². The van der Waals surface area contributed by atoms with Gasteiger partial charge in [0, 0.05) is 30.4 Å². The summed E-state index contributed by atoms with van der Waals surface area (Å²) in [6.45, 7) is 0.721. The molecule has 5 heteroatoms. The van der Waals surface area contributed by atoms with Crippen molar-refractivity contribution in [3.05, 3.63) is 63.5 Å². The zero-order valence-electron chi connectivity index (χ0n) is 9.50. The van der Waals surface area contributed by atoms with E-state index in [1.54, 1.807) is 12.1 Å². The van der Waals surface area contributed by atoms with Crippen LogP contribution in [0.15, 0.2) is 36.5 Å². The van der Waals surface area contributed by atoms with Gasteiger partial charge in [0.25, 0.3) is 5.69 Å². The second-order valence-electron chi connectivity index (χ2n) is 4.26. The third-order valence-electron chi connectivity index (χ3n) is 3.23. The lowest BCUT2D eigenvalue weighted by molar-refractivity contribution is -0.384. The number of aryl methyl sites for hydroxylation is 2. The molecule has 5 nitrogen and oxygen atoms in total. The molecular weight excluding hydrogens is 232 g/mol. The van der Waals surface area contributed by atoms with Crippen molar-refractivity contribution in [1.82, 2.24) is 4.57 Å². The number of nitro groups is 1. The Balaban J connectivity index is 2.18. The molecule has 18 heavy (non-hydrogen) atoms. The number of nitrogens with zero attached hydrogens (tertiary/aromatic N) is 2. The summed E-state index contributed by atoms with van der Waals surface area (Å²) in [5, 5.41) is 10.8. The minimum atomic E-state index is -0.475. The highest BCUT2D eigenvalue weighted by atomic mass is 16.6. The Kier molecular flexibility index (Phi) is 2.26. The first-order chi connectivity index (χ1) is 8.66. The lowest BCUT2D eigenvalue weighted by atomic mass is 10.00. The van der Waals surface area contributed by atoms with Crippen LogP contribution in [0.4, 0.5) is 5.69 Å². The SMILES string of the molecule is O=C1c2cc([N+](=O)[O-])ccc2CCn2cccc21. The summed E-state index contributed by atoms with van der Waals surface area (Å²) in [5.41, 5.74) is 1.87. The van der Waals surface area contributed by atoms with Gasteiger partial charge in [-0.15, -0.1) is 0 Å². The molecule has 0 amide bonds. The molecule has 0 radical (unpaired) electrons. The maximum atomic E-state index is 12.3. The van der Waals surface area contributed by atoms with E-state index in [0.717, 1.165) is 12.1 Å². The Bertz CT molecular complexity index is 658. The lowest BCUT2D eigenvalue weighted by Gasteiger charge is -2.03. The van der Waals surface area contributed by atoms with Crippen LogP contribution in [0.3, 0.4) is 0 Å². The van der Waals surface area contributed by atoms with Gasteiger partial charge in [-0.25, -0.2) is 0 Å². The third-order valence-corrected chi connectivity index (χ3v) is 3.23. The van der Waals surface area contributed by atoms with Gasteiger partial charge >= 0.3 is 0 Å². The van der Waals surface area contributed by atoms with E-state index in [0.29, 0.717) is 17.7 Å². The molecule has 0 spiro atoms. The highest BCUT2D eigenvalue weighted by molar-refractivity contribution is 6.09. The average molecular weight is 242 g/mol. The maximum Gasteiger partial charge on any atom is 0.270 e. The molecule has 0 aliphatic carbocycles.